The summed E-state index contributed by atoms with van der Waals surface area (Å²) in [6.07, 6.45) is 2.49. The fraction of sp³-hybridized carbons (Fsp3) is 0.615. The molecule has 0 aromatic carbocycles. The third-order valence-corrected chi connectivity index (χ3v) is 4.39. The van der Waals surface area contributed by atoms with Crippen molar-refractivity contribution in [3.05, 3.63) is 21.7 Å². The van der Waals surface area contributed by atoms with Crippen LogP contribution in [-0.2, 0) is 4.79 Å². The lowest BCUT2D eigenvalue weighted by Gasteiger charge is -2.33. The van der Waals surface area contributed by atoms with Crippen molar-refractivity contribution < 1.29 is 9.90 Å². The summed E-state index contributed by atoms with van der Waals surface area (Å²) in [5.41, 5.74) is 1.42. The summed E-state index contributed by atoms with van der Waals surface area (Å²) in [6, 6.07) is 0. The molecule has 1 aliphatic carbocycles. The van der Waals surface area contributed by atoms with Crippen LogP contribution in [-0.4, -0.2) is 17.0 Å². The molecule has 0 saturated heterocycles. The summed E-state index contributed by atoms with van der Waals surface area (Å²) >= 11 is 3.48. The van der Waals surface area contributed by atoms with Crippen molar-refractivity contribution in [1.29, 1.82) is 0 Å². The molecule has 1 N–H and O–H groups in total. The Bertz CT molecular complexity index is 360. The van der Waals surface area contributed by atoms with E-state index in [1.807, 2.05) is 13.8 Å². The molecule has 3 heteroatoms. The molecule has 0 fully saturated rings. The molecule has 0 aliphatic heterocycles. The van der Waals surface area contributed by atoms with Crippen molar-refractivity contribution in [2.45, 2.75) is 46.6 Å². The van der Waals surface area contributed by atoms with E-state index in [0.29, 0.717) is 12.0 Å². The Morgan fingerprint density at radius 3 is 2.56 bits per heavy atom. The molecule has 16 heavy (non-hydrogen) atoms. The van der Waals surface area contributed by atoms with E-state index in [2.05, 4.69) is 29.8 Å². The molecular formula is C13H19BrO2. The van der Waals surface area contributed by atoms with Gasteiger partial charge >= 0.3 is 0 Å². The Hall–Kier alpha value is -0.410. The molecule has 1 unspecified atom stereocenters. The molecule has 0 heterocycles. The number of halogens is 1. The van der Waals surface area contributed by atoms with Crippen LogP contribution in [0.2, 0.25) is 0 Å². The predicted molar refractivity (Wildman–Crippen MR) is 69.4 cm³/mol. The minimum atomic E-state index is -0.634. The molecule has 2 nitrogen and oxygen atoms in total. The first-order valence-corrected chi connectivity index (χ1v) is 6.32. The largest absolute Gasteiger partial charge is 0.388 e. The smallest absolute Gasteiger partial charge is 0.185 e. The van der Waals surface area contributed by atoms with Crippen LogP contribution in [0.25, 0.3) is 0 Å². The van der Waals surface area contributed by atoms with E-state index < -0.39 is 6.10 Å². The van der Waals surface area contributed by atoms with Crippen LogP contribution in [0.15, 0.2) is 21.7 Å². The van der Waals surface area contributed by atoms with Crippen molar-refractivity contribution in [3.63, 3.8) is 0 Å². The van der Waals surface area contributed by atoms with Crippen molar-refractivity contribution in [3.8, 4) is 0 Å². The summed E-state index contributed by atoms with van der Waals surface area (Å²) in [5.74, 6) is -0.0767. The van der Waals surface area contributed by atoms with Gasteiger partial charge in [0.25, 0.3) is 0 Å². The standard InChI is InChI=1S/C13H19BrO2/c1-8(2)7-10(16)11-9(15)5-6-13(3,4)12(11)14/h7,9,15H,5-6H2,1-4H3. The summed E-state index contributed by atoms with van der Waals surface area (Å²) < 4.78 is 0.848. The number of aliphatic hydroxyl groups is 1. The van der Waals surface area contributed by atoms with Crippen molar-refractivity contribution >= 4 is 21.7 Å². The second kappa shape index (κ2) is 4.84. The minimum Gasteiger partial charge on any atom is -0.388 e. The third kappa shape index (κ3) is 2.83. The highest BCUT2D eigenvalue weighted by Crippen LogP contribution is 2.43. The van der Waals surface area contributed by atoms with Gasteiger partial charge in [-0.2, -0.15) is 0 Å². The zero-order valence-corrected chi connectivity index (χ0v) is 11.9. The minimum absolute atomic E-state index is 0.0558. The molecule has 90 valence electrons. The fourth-order valence-corrected chi connectivity index (χ4v) is 2.53. The number of hydrogen-bond acceptors (Lipinski definition) is 2. The molecule has 0 amide bonds. The maximum absolute atomic E-state index is 12.0. The fourth-order valence-electron chi connectivity index (χ4n) is 1.87. The van der Waals surface area contributed by atoms with Crippen LogP contribution in [0.4, 0.5) is 0 Å². The van der Waals surface area contributed by atoms with Gasteiger partial charge in [-0.15, -0.1) is 0 Å². The molecule has 0 radical (unpaired) electrons. The lowest BCUT2D eigenvalue weighted by atomic mass is 9.77. The molecule has 0 aromatic rings. The monoisotopic (exact) mass is 286 g/mol. The Balaban J connectivity index is 3.17. The number of rotatable bonds is 2. The SMILES string of the molecule is CC(C)=CC(=O)C1=C(Br)C(C)(C)CCC1O. The molecule has 1 aliphatic rings. The Morgan fingerprint density at radius 1 is 1.50 bits per heavy atom. The number of allylic oxidation sites excluding steroid dienone is 3. The van der Waals surface area contributed by atoms with Gasteiger partial charge in [0.1, 0.15) is 0 Å². The summed E-state index contributed by atoms with van der Waals surface area (Å²) in [7, 11) is 0. The highest BCUT2D eigenvalue weighted by molar-refractivity contribution is 9.11. The van der Waals surface area contributed by atoms with Crippen LogP contribution >= 0.6 is 15.9 Å². The van der Waals surface area contributed by atoms with Crippen molar-refractivity contribution in [2.75, 3.05) is 0 Å². The quantitative estimate of drug-likeness (QED) is 0.791. The highest BCUT2D eigenvalue weighted by atomic mass is 79.9. The van der Waals surface area contributed by atoms with E-state index >= 15 is 0 Å². The zero-order valence-electron chi connectivity index (χ0n) is 10.3. The van der Waals surface area contributed by atoms with E-state index in [-0.39, 0.29) is 11.2 Å². The van der Waals surface area contributed by atoms with Gasteiger partial charge in [0.05, 0.1) is 6.10 Å². The molecule has 0 aromatic heterocycles. The first-order chi connectivity index (χ1) is 7.25. The summed E-state index contributed by atoms with van der Waals surface area (Å²) in [4.78, 5) is 12.0. The van der Waals surface area contributed by atoms with Crippen LogP contribution in [0.3, 0.4) is 0 Å². The van der Waals surface area contributed by atoms with Crippen molar-refractivity contribution in [1.82, 2.24) is 0 Å². The lowest BCUT2D eigenvalue weighted by molar-refractivity contribution is -0.112. The molecule has 0 bridgehead atoms. The maximum atomic E-state index is 12.0. The molecule has 0 spiro atoms. The Kier molecular flexibility index (Phi) is 4.13. The van der Waals surface area contributed by atoms with Gasteiger partial charge in [-0.1, -0.05) is 35.4 Å². The molecular weight excluding hydrogens is 268 g/mol. The van der Waals surface area contributed by atoms with Gasteiger partial charge < -0.3 is 5.11 Å². The number of carbonyl (C=O) groups is 1. The van der Waals surface area contributed by atoms with Gasteiger partial charge in [-0.05, 0) is 38.2 Å². The van der Waals surface area contributed by atoms with E-state index in [1.165, 1.54) is 0 Å². The van der Waals surface area contributed by atoms with Gasteiger partial charge in [0, 0.05) is 10.1 Å². The average Bonchev–Trinajstić information content (AvgIpc) is 2.12. The average molecular weight is 287 g/mol. The zero-order chi connectivity index (χ0) is 12.5. The number of carbonyl (C=O) groups excluding carboxylic acids is 1. The molecule has 1 rings (SSSR count). The van der Waals surface area contributed by atoms with Gasteiger partial charge in [-0.25, -0.2) is 0 Å². The van der Waals surface area contributed by atoms with E-state index in [9.17, 15) is 9.90 Å². The number of hydrogen-bond donors (Lipinski definition) is 1. The summed E-state index contributed by atoms with van der Waals surface area (Å²) in [5, 5.41) is 9.92. The second-order valence-electron chi connectivity index (χ2n) is 5.25. The third-order valence-electron chi connectivity index (χ3n) is 2.89. The number of aliphatic hydroxyl groups excluding tert-OH is 1. The normalized spacial score (nSPS) is 24.2. The van der Waals surface area contributed by atoms with Gasteiger partial charge in [0.15, 0.2) is 5.78 Å². The Labute approximate surface area is 106 Å². The number of ketones is 1. The topological polar surface area (TPSA) is 37.3 Å². The van der Waals surface area contributed by atoms with E-state index in [4.69, 9.17) is 0 Å². The molecule has 1 atom stereocenters. The van der Waals surface area contributed by atoms with Crippen LogP contribution in [0.1, 0.15) is 40.5 Å². The van der Waals surface area contributed by atoms with Crippen LogP contribution in [0.5, 0.6) is 0 Å². The first-order valence-electron chi connectivity index (χ1n) is 5.53. The van der Waals surface area contributed by atoms with E-state index in [0.717, 1.165) is 16.5 Å². The second-order valence-corrected chi connectivity index (χ2v) is 6.04. The molecule has 0 saturated carbocycles. The first kappa shape index (κ1) is 13.7. The van der Waals surface area contributed by atoms with Crippen LogP contribution < -0.4 is 0 Å². The van der Waals surface area contributed by atoms with E-state index in [1.54, 1.807) is 6.08 Å². The highest BCUT2D eigenvalue weighted by Gasteiger charge is 2.35. The van der Waals surface area contributed by atoms with Gasteiger partial charge in [0.2, 0.25) is 0 Å². The Morgan fingerprint density at radius 2 is 2.06 bits per heavy atom. The maximum Gasteiger partial charge on any atom is 0.185 e. The van der Waals surface area contributed by atoms with Crippen LogP contribution in [0, 0.1) is 5.41 Å². The van der Waals surface area contributed by atoms with Crippen molar-refractivity contribution in [2.24, 2.45) is 5.41 Å². The predicted octanol–water partition coefficient (Wildman–Crippen LogP) is 3.35. The summed E-state index contributed by atoms with van der Waals surface area (Å²) in [6.45, 7) is 7.93. The lowest BCUT2D eigenvalue weighted by Crippen LogP contribution is -2.30. The van der Waals surface area contributed by atoms with Gasteiger partial charge in [-0.3, -0.25) is 4.79 Å².